The maximum atomic E-state index is 13.0. The zero-order valence-electron chi connectivity index (χ0n) is 18.3. The summed E-state index contributed by atoms with van der Waals surface area (Å²) in [5.74, 6) is 1.65. The Bertz CT molecular complexity index is 1290. The van der Waals surface area contributed by atoms with E-state index in [9.17, 15) is 13.2 Å². The fourth-order valence-electron chi connectivity index (χ4n) is 3.86. The number of aromatic nitrogens is 2. The van der Waals surface area contributed by atoms with Crippen LogP contribution in [-0.4, -0.2) is 62.2 Å². The highest BCUT2D eigenvalue weighted by molar-refractivity contribution is 7.89. The Morgan fingerprint density at radius 1 is 0.941 bits per heavy atom. The van der Waals surface area contributed by atoms with Gasteiger partial charge in [-0.2, -0.15) is 0 Å². The second kappa shape index (κ2) is 9.27. The Labute approximate surface area is 197 Å². The summed E-state index contributed by atoms with van der Waals surface area (Å²) in [6, 6.07) is 13.1. The number of amides is 1. The smallest absolute Gasteiger partial charge is 0.254 e. The summed E-state index contributed by atoms with van der Waals surface area (Å²) in [6.45, 7) is 2.43. The number of hydrogen-bond donors (Lipinski definition) is 1. The van der Waals surface area contributed by atoms with E-state index < -0.39 is 10.0 Å². The molecule has 0 spiro atoms. The van der Waals surface area contributed by atoms with Crippen molar-refractivity contribution in [2.75, 3.05) is 37.9 Å². The molecule has 1 N–H and O–H groups in total. The number of ether oxygens (including phenoxy) is 2. The van der Waals surface area contributed by atoms with Gasteiger partial charge in [-0.15, -0.1) is 0 Å². The summed E-state index contributed by atoms with van der Waals surface area (Å²) in [4.78, 5) is 25.3. The lowest BCUT2D eigenvalue weighted by molar-refractivity contribution is 0.0746. The molecule has 1 amide bonds. The van der Waals surface area contributed by atoms with Crippen LogP contribution in [0.1, 0.15) is 15.9 Å². The summed E-state index contributed by atoms with van der Waals surface area (Å²) in [7, 11) is -3.82. The Morgan fingerprint density at radius 3 is 2.50 bits per heavy atom. The van der Waals surface area contributed by atoms with Crippen LogP contribution in [0.25, 0.3) is 0 Å². The van der Waals surface area contributed by atoms with Gasteiger partial charge in [0.05, 0.1) is 4.90 Å². The maximum absolute atomic E-state index is 13.0. The molecular formula is C23H23N5O5S. The van der Waals surface area contributed by atoms with Gasteiger partial charge in [-0.05, 0) is 42.0 Å². The monoisotopic (exact) mass is 481 g/mol. The first-order valence-corrected chi connectivity index (χ1v) is 12.3. The van der Waals surface area contributed by atoms with Crippen LogP contribution in [0.15, 0.2) is 65.8 Å². The van der Waals surface area contributed by atoms with Crippen molar-refractivity contribution < 1.29 is 22.7 Å². The lowest BCUT2D eigenvalue weighted by Crippen LogP contribution is -2.49. The SMILES string of the molecule is O=C(c1cccc(S(=O)(=O)NCc2ccc3c(c2)OCO3)c1)N1CCN(c2ncccn2)CC1. The van der Waals surface area contributed by atoms with Gasteiger partial charge in [-0.25, -0.2) is 23.1 Å². The zero-order valence-corrected chi connectivity index (χ0v) is 19.1. The Kier molecular flexibility index (Phi) is 6.03. The third-order valence-corrected chi connectivity index (χ3v) is 7.10. The van der Waals surface area contributed by atoms with E-state index in [1.165, 1.54) is 12.1 Å². The number of benzene rings is 2. The predicted octanol–water partition coefficient (Wildman–Crippen LogP) is 1.65. The van der Waals surface area contributed by atoms with E-state index in [0.717, 1.165) is 5.56 Å². The number of fused-ring (bicyclic) bond motifs is 1. The van der Waals surface area contributed by atoms with Gasteiger partial charge in [0.25, 0.3) is 5.91 Å². The number of nitrogens with one attached hydrogen (secondary N) is 1. The van der Waals surface area contributed by atoms with Crippen LogP contribution < -0.4 is 19.1 Å². The average Bonchev–Trinajstić information content (AvgIpc) is 3.36. The molecule has 5 rings (SSSR count). The maximum Gasteiger partial charge on any atom is 0.254 e. The van der Waals surface area contributed by atoms with Crippen molar-refractivity contribution in [2.45, 2.75) is 11.4 Å². The summed E-state index contributed by atoms with van der Waals surface area (Å²) in [5, 5.41) is 0. The third-order valence-electron chi connectivity index (χ3n) is 5.70. The van der Waals surface area contributed by atoms with E-state index in [2.05, 4.69) is 14.7 Å². The van der Waals surface area contributed by atoms with Gasteiger partial charge < -0.3 is 19.3 Å². The van der Waals surface area contributed by atoms with E-state index >= 15 is 0 Å². The molecule has 3 heterocycles. The highest BCUT2D eigenvalue weighted by Gasteiger charge is 2.25. The van der Waals surface area contributed by atoms with E-state index in [1.54, 1.807) is 53.7 Å². The number of sulfonamides is 1. The molecule has 2 aromatic carbocycles. The van der Waals surface area contributed by atoms with Gasteiger partial charge in [0, 0.05) is 50.7 Å². The van der Waals surface area contributed by atoms with Crippen LogP contribution in [0.5, 0.6) is 11.5 Å². The summed E-state index contributed by atoms with van der Waals surface area (Å²) < 4.78 is 39.0. The molecule has 0 atom stereocenters. The van der Waals surface area contributed by atoms with E-state index in [1.807, 2.05) is 4.90 Å². The summed E-state index contributed by atoms with van der Waals surface area (Å²) >= 11 is 0. The molecule has 0 unspecified atom stereocenters. The Balaban J connectivity index is 1.23. The van der Waals surface area contributed by atoms with E-state index in [0.29, 0.717) is 49.2 Å². The van der Waals surface area contributed by atoms with Crippen LogP contribution in [0, 0.1) is 0 Å². The van der Waals surface area contributed by atoms with E-state index in [-0.39, 0.29) is 24.1 Å². The fourth-order valence-corrected chi connectivity index (χ4v) is 4.92. The van der Waals surface area contributed by atoms with Gasteiger partial charge in [0.2, 0.25) is 22.8 Å². The molecular weight excluding hydrogens is 458 g/mol. The second-order valence-corrected chi connectivity index (χ2v) is 9.63. The normalized spacial score (nSPS) is 15.4. The Morgan fingerprint density at radius 2 is 1.71 bits per heavy atom. The van der Waals surface area contributed by atoms with Crippen molar-refractivity contribution in [1.29, 1.82) is 0 Å². The molecule has 11 heteroatoms. The minimum atomic E-state index is -3.82. The van der Waals surface area contributed by atoms with Crippen molar-refractivity contribution in [3.8, 4) is 11.5 Å². The number of rotatable bonds is 6. The number of carbonyl (C=O) groups is 1. The van der Waals surface area contributed by atoms with Crippen molar-refractivity contribution in [3.63, 3.8) is 0 Å². The minimum absolute atomic E-state index is 0.0374. The van der Waals surface area contributed by atoms with Crippen LogP contribution in [0.3, 0.4) is 0 Å². The van der Waals surface area contributed by atoms with Gasteiger partial charge in [-0.1, -0.05) is 12.1 Å². The van der Waals surface area contributed by atoms with E-state index in [4.69, 9.17) is 9.47 Å². The highest BCUT2D eigenvalue weighted by atomic mass is 32.2. The van der Waals surface area contributed by atoms with Gasteiger partial charge in [0.1, 0.15) is 0 Å². The number of hydrogen-bond acceptors (Lipinski definition) is 8. The molecule has 2 aliphatic heterocycles. The summed E-state index contributed by atoms with van der Waals surface area (Å²) in [5.41, 5.74) is 1.07. The Hall–Kier alpha value is -3.70. The molecule has 0 saturated carbocycles. The van der Waals surface area contributed by atoms with Crippen LogP contribution in [-0.2, 0) is 16.6 Å². The molecule has 1 fully saturated rings. The highest BCUT2D eigenvalue weighted by Crippen LogP contribution is 2.32. The molecule has 0 aliphatic carbocycles. The standard InChI is InChI=1S/C23H23N5O5S/c29-22(27-9-11-28(12-10-27)23-24-7-2-8-25-23)18-3-1-4-19(14-18)34(30,31)26-15-17-5-6-20-21(13-17)33-16-32-20/h1-8,13-14,26H,9-12,15-16H2. The topological polar surface area (TPSA) is 114 Å². The van der Waals surface area contributed by atoms with Gasteiger partial charge in [0.15, 0.2) is 11.5 Å². The van der Waals surface area contributed by atoms with Crippen molar-refractivity contribution in [3.05, 3.63) is 72.1 Å². The number of carbonyl (C=O) groups excluding carboxylic acids is 1. The number of anilines is 1. The van der Waals surface area contributed by atoms with Crippen LogP contribution in [0.4, 0.5) is 5.95 Å². The summed E-state index contributed by atoms with van der Waals surface area (Å²) in [6.07, 6.45) is 3.37. The van der Waals surface area contributed by atoms with Crippen LogP contribution >= 0.6 is 0 Å². The van der Waals surface area contributed by atoms with Gasteiger partial charge in [-0.3, -0.25) is 4.79 Å². The van der Waals surface area contributed by atoms with Crippen molar-refractivity contribution in [2.24, 2.45) is 0 Å². The lowest BCUT2D eigenvalue weighted by Gasteiger charge is -2.34. The van der Waals surface area contributed by atoms with Crippen molar-refractivity contribution in [1.82, 2.24) is 19.6 Å². The number of piperazine rings is 1. The molecule has 10 nitrogen and oxygen atoms in total. The molecule has 0 bridgehead atoms. The first kappa shape index (κ1) is 22.1. The zero-order chi connectivity index (χ0) is 23.5. The first-order chi connectivity index (χ1) is 16.5. The van der Waals surface area contributed by atoms with Crippen molar-refractivity contribution >= 4 is 21.9 Å². The largest absolute Gasteiger partial charge is 0.454 e. The third kappa shape index (κ3) is 4.66. The molecule has 176 valence electrons. The quantitative estimate of drug-likeness (QED) is 0.565. The molecule has 1 aromatic heterocycles. The van der Waals surface area contributed by atoms with Gasteiger partial charge >= 0.3 is 0 Å². The lowest BCUT2D eigenvalue weighted by atomic mass is 10.2. The fraction of sp³-hybridized carbons (Fsp3) is 0.261. The first-order valence-electron chi connectivity index (χ1n) is 10.8. The second-order valence-electron chi connectivity index (χ2n) is 7.87. The molecule has 0 radical (unpaired) electrons. The number of nitrogens with zero attached hydrogens (tertiary/aromatic N) is 4. The molecule has 34 heavy (non-hydrogen) atoms. The predicted molar refractivity (Wildman–Crippen MR) is 123 cm³/mol. The molecule has 2 aliphatic rings. The average molecular weight is 482 g/mol. The van der Waals surface area contributed by atoms with Crippen LogP contribution in [0.2, 0.25) is 0 Å². The molecule has 1 saturated heterocycles. The minimum Gasteiger partial charge on any atom is -0.454 e. The molecule has 3 aromatic rings.